The van der Waals surface area contributed by atoms with Gasteiger partial charge in [-0.1, -0.05) is 0 Å². The van der Waals surface area contributed by atoms with E-state index in [0.29, 0.717) is 0 Å². The quantitative estimate of drug-likeness (QED) is 0.256. The molecule has 0 unspecified atom stereocenters. The van der Waals surface area contributed by atoms with Crippen LogP contribution in [0.25, 0.3) is 0 Å². The van der Waals surface area contributed by atoms with Crippen molar-refractivity contribution < 1.29 is 79.5 Å². The third-order valence-corrected chi connectivity index (χ3v) is 0. The first-order chi connectivity index (χ1) is 6.93. The molecule has 12 nitrogen and oxygen atoms in total. The van der Waals surface area contributed by atoms with Gasteiger partial charge in [0.05, 0.1) is 0 Å². The van der Waals surface area contributed by atoms with E-state index in [1.807, 2.05) is 0 Å². The molecule has 0 aliphatic carbocycles. The zero-order valence-electron chi connectivity index (χ0n) is 8.47. The van der Waals surface area contributed by atoms with Gasteiger partial charge in [-0.25, -0.2) is 0 Å². The maximum Gasteiger partial charge on any atom is 2.00 e. The van der Waals surface area contributed by atoms with Crippen molar-refractivity contribution in [2.24, 2.45) is 0 Å². The van der Waals surface area contributed by atoms with Crippen molar-refractivity contribution in [3.63, 3.8) is 0 Å². The molecule has 18 heavy (non-hydrogen) atoms. The summed E-state index contributed by atoms with van der Waals surface area (Å²) >= 11 is 0. The van der Waals surface area contributed by atoms with E-state index >= 15 is 0 Å². The van der Waals surface area contributed by atoms with E-state index in [4.69, 9.17) is 60.0 Å². The van der Waals surface area contributed by atoms with Gasteiger partial charge in [-0.15, -0.1) is 0 Å². The fourth-order valence-corrected chi connectivity index (χ4v) is 0. The van der Waals surface area contributed by atoms with Crippen LogP contribution in [0.5, 0.6) is 0 Å². The van der Waals surface area contributed by atoms with Crippen LogP contribution in [-0.4, -0.2) is 93.9 Å². The summed E-state index contributed by atoms with van der Waals surface area (Å²) in [5, 5.41) is 61.2. The summed E-state index contributed by atoms with van der Waals surface area (Å²) in [5.74, 6) is 0. The Labute approximate surface area is 151 Å². The Balaban J connectivity index is -0.0000000257. The van der Waals surface area contributed by atoms with E-state index in [9.17, 15) is 0 Å². The Morgan fingerprint density at radius 2 is 0.556 bits per heavy atom. The standard InChI is InChI=1S/4CH2O3.Ba.Zn/c4*2-1(3)4;;/h4*(H2,2,3,4);;/q;;;;2*+2/p-4. The molecule has 0 rings (SSSR count). The summed E-state index contributed by atoms with van der Waals surface area (Å²) in [6, 6.07) is 0. The van der Waals surface area contributed by atoms with Crippen molar-refractivity contribution in [1.82, 2.24) is 0 Å². The van der Waals surface area contributed by atoms with Gasteiger partial charge in [0.25, 0.3) is 0 Å². The molecule has 4 N–H and O–H groups in total. The zero-order valence-corrected chi connectivity index (χ0v) is 15.9. The van der Waals surface area contributed by atoms with Crippen LogP contribution in [0, 0.1) is 0 Å². The van der Waals surface area contributed by atoms with Gasteiger partial charge in [-0.3, -0.25) is 0 Å². The van der Waals surface area contributed by atoms with Crippen LogP contribution >= 0.6 is 0 Å². The Hall–Kier alpha value is -0.725. The molecule has 0 aliphatic heterocycles. The van der Waals surface area contributed by atoms with E-state index in [2.05, 4.69) is 0 Å². The topological polar surface area (TPSA) is 241 Å². The molecule has 0 radical (unpaired) electrons. The zero-order chi connectivity index (χ0) is 14.3. The maximum absolute atomic E-state index is 8.44. The van der Waals surface area contributed by atoms with Crippen LogP contribution in [-0.2, 0) is 19.5 Å². The van der Waals surface area contributed by atoms with Crippen LogP contribution in [0.3, 0.4) is 0 Å². The van der Waals surface area contributed by atoms with Crippen molar-refractivity contribution in [3.05, 3.63) is 0 Å². The maximum atomic E-state index is 8.44. The molecule has 0 aromatic carbocycles. The van der Waals surface area contributed by atoms with Crippen LogP contribution in [0.1, 0.15) is 0 Å². The largest absolute Gasteiger partial charge is 2.00 e. The fraction of sp³-hybridized carbons (Fsp3) is 0. The Morgan fingerprint density at radius 3 is 0.556 bits per heavy atom. The normalized spacial score (nSPS) is 5.33. The smallest absolute Gasteiger partial charge is 0.565 e. The Kier molecular flexibility index (Phi) is 59.7. The average Bonchev–Trinajstić information content (AvgIpc) is 1.76. The summed E-state index contributed by atoms with van der Waals surface area (Å²) in [5.41, 5.74) is 0. The summed E-state index contributed by atoms with van der Waals surface area (Å²) in [6.45, 7) is 0. The first kappa shape index (κ1) is 36.0. The molecule has 0 atom stereocenters. The van der Waals surface area contributed by atoms with Gasteiger partial charge < -0.3 is 60.0 Å². The minimum absolute atomic E-state index is 0. The van der Waals surface area contributed by atoms with Crippen molar-refractivity contribution in [3.8, 4) is 0 Å². The van der Waals surface area contributed by atoms with E-state index in [1.54, 1.807) is 0 Å². The third-order valence-electron chi connectivity index (χ3n) is 0. The van der Waals surface area contributed by atoms with Crippen molar-refractivity contribution >= 4 is 73.5 Å². The molecule has 14 heteroatoms. The van der Waals surface area contributed by atoms with Crippen LogP contribution in [0.15, 0.2) is 0 Å². The van der Waals surface area contributed by atoms with E-state index in [0.717, 1.165) is 0 Å². The van der Waals surface area contributed by atoms with E-state index in [1.165, 1.54) is 0 Å². The molecule has 0 amide bonds. The summed E-state index contributed by atoms with van der Waals surface area (Å²) in [7, 11) is 0. The van der Waals surface area contributed by atoms with Crippen molar-refractivity contribution in [2.45, 2.75) is 0 Å². The van der Waals surface area contributed by atoms with Gasteiger partial charge in [0.15, 0.2) is 0 Å². The molecule has 0 aromatic heterocycles. The first-order valence-electron chi connectivity index (χ1n) is 2.53. The summed E-state index contributed by atoms with van der Waals surface area (Å²) < 4.78 is 0. The molecule has 0 saturated heterocycles. The average molecular weight is 447 g/mol. The molecule has 0 saturated carbocycles. The van der Waals surface area contributed by atoms with Gasteiger partial charge in [0, 0.05) is 0 Å². The first-order valence-corrected chi connectivity index (χ1v) is 2.53. The molecule has 0 fully saturated rings. The van der Waals surface area contributed by atoms with Crippen LogP contribution in [0.4, 0.5) is 19.2 Å². The third kappa shape index (κ3) is 5920. The predicted octanol–water partition coefficient (Wildman–Crippen LogP) is -4.83. The summed E-state index contributed by atoms with van der Waals surface area (Å²) in [6.07, 6.45) is -8.33. The monoisotopic (exact) mass is 446 g/mol. The SMILES string of the molecule is O=C([O-])O.O=C([O-])O.O=C([O-])O.O=C([O-])O.[Ba+2].[Zn+2]. The van der Waals surface area contributed by atoms with Crippen molar-refractivity contribution in [2.75, 3.05) is 0 Å². The fourth-order valence-electron chi connectivity index (χ4n) is 0. The van der Waals surface area contributed by atoms with E-state index < -0.39 is 24.6 Å². The number of hydrogen-bond acceptors (Lipinski definition) is 8. The number of carboxylic acid groups (broad SMARTS) is 8. The molecule has 0 aliphatic rings. The van der Waals surface area contributed by atoms with Gasteiger partial charge in [0.2, 0.25) is 24.6 Å². The predicted molar refractivity (Wildman–Crippen MR) is 37.9 cm³/mol. The molecule has 0 bridgehead atoms. The number of carbonyl (C=O) groups is 4. The molecule has 96 valence electrons. The molecule has 0 aromatic rings. The molecular formula is C4H4BaO12Zn. The molecular weight excluding hydrogens is 443 g/mol. The van der Waals surface area contributed by atoms with Gasteiger partial charge >= 0.3 is 68.4 Å². The number of hydrogen-bond donors (Lipinski definition) is 4. The van der Waals surface area contributed by atoms with Gasteiger partial charge in [-0.2, -0.15) is 0 Å². The Bertz CT molecular complexity index is 164. The molecule has 0 heterocycles. The minimum atomic E-state index is -2.08. The Morgan fingerprint density at radius 1 is 0.556 bits per heavy atom. The van der Waals surface area contributed by atoms with E-state index in [-0.39, 0.29) is 68.4 Å². The van der Waals surface area contributed by atoms with Gasteiger partial charge in [-0.05, 0) is 0 Å². The van der Waals surface area contributed by atoms with Crippen LogP contribution < -0.4 is 20.4 Å². The van der Waals surface area contributed by atoms with Crippen molar-refractivity contribution in [1.29, 1.82) is 0 Å². The number of rotatable bonds is 0. The summed E-state index contributed by atoms with van der Waals surface area (Å²) in [4.78, 5) is 33.8. The second kappa shape index (κ2) is 29.9. The minimum Gasteiger partial charge on any atom is -0.565 e. The second-order valence-electron chi connectivity index (χ2n) is 1.06. The van der Waals surface area contributed by atoms with Crippen LogP contribution in [0.2, 0.25) is 0 Å². The second-order valence-corrected chi connectivity index (χ2v) is 1.06. The molecule has 0 spiro atoms. The van der Waals surface area contributed by atoms with Gasteiger partial charge in [0.1, 0.15) is 0 Å².